The molecule has 0 radical (unpaired) electrons. The molecule has 1 rings (SSSR count). The van der Waals surface area contributed by atoms with Gasteiger partial charge in [0.25, 0.3) is 0 Å². The topological polar surface area (TPSA) is 84.9 Å². The first-order valence-corrected chi connectivity index (χ1v) is 6.53. The third-order valence-corrected chi connectivity index (χ3v) is 2.70. The molecule has 1 amide bonds. The number of carboxylic acids is 1. The van der Waals surface area contributed by atoms with E-state index in [1.54, 1.807) is 27.7 Å². The first-order valence-electron chi connectivity index (χ1n) is 6.53. The predicted molar refractivity (Wildman–Crippen MR) is 68.9 cm³/mol. The molecule has 1 saturated carbocycles. The first kappa shape index (κ1) is 15.8. The molecule has 110 valence electrons. The normalized spacial score (nSPS) is 18.5. The van der Waals surface area contributed by atoms with Crippen molar-refractivity contribution in [3.05, 3.63) is 0 Å². The van der Waals surface area contributed by atoms with Crippen LogP contribution in [-0.2, 0) is 14.3 Å². The maximum atomic E-state index is 11.6. The second-order valence-electron chi connectivity index (χ2n) is 5.94. The summed E-state index contributed by atoms with van der Waals surface area (Å²) in [6, 6.07) is -1.10. The van der Waals surface area contributed by atoms with E-state index in [2.05, 4.69) is 5.32 Å². The Hall–Kier alpha value is -1.30. The predicted octanol–water partition coefficient (Wildman–Crippen LogP) is 1.78. The lowest BCUT2D eigenvalue weighted by atomic mass is 10.2. The number of alkyl carbamates (subject to hydrolysis) is 1. The smallest absolute Gasteiger partial charge is 0.408 e. The molecule has 6 heteroatoms. The average Bonchev–Trinajstić information content (AvgIpc) is 3.03. The number of carbonyl (C=O) groups is 2. The van der Waals surface area contributed by atoms with Gasteiger partial charge in [0, 0.05) is 6.61 Å². The number of carbonyl (C=O) groups excluding carboxylic acids is 1. The van der Waals surface area contributed by atoms with Crippen LogP contribution in [0.15, 0.2) is 0 Å². The number of amides is 1. The summed E-state index contributed by atoms with van der Waals surface area (Å²) in [6.07, 6.45) is 0.917. The Kier molecular flexibility index (Phi) is 5.17. The summed E-state index contributed by atoms with van der Waals surface area (Å²) in [5.74, 6) is -0.590. The van der Waals surface area contributed by atoms with E-state index in [0.717, 1.165) is 12.8 Å². The van der Waals surface area contributed by atoms with Crippen LogP contribution >= 0.6 is 0 Å². The van der Waals surface area contributed by atoms with Gasteiger partial charge in [-0.25, -0.2) is 9.59 Å². The Labute approximate surface area is 113 Å². The van der Waals surface area contributed by atoms with Crippen molar-refractivity contribution in [2.45, 2.75) is 58.3 Å². The van der Waals surface area contributed by atoms with Crippen LogP contribution in [0.25, 0.3) is 0 Å². The van der Waals surface area contributed by atoms with Gasteiger partial charge in [0.15, 0.2) is 6.04 Å². The number of ether oxygens (including phenoxy) is 2. The van der Waals surface area contributed by atoms with Crippen LogP contribution in [0.1, 0.15) is 40.5 Å². The molecule has 0 bridgehead atoms. The molecule has 0 aliphatic heterocycles. The van der Waals surface area contributed by atoms with Crippen molar-refractivity contribution in [3.63, 3.8) is 0 Å². The van der Waals surface area contributed by atoms with Crippen molar-refractivity contribution in [2.75, 3.05) is 6.61 Å². The number of hydrogen-bond donors (Lipinski definition) is 2. The summed E-state index contributed by atoms with van der Waals surface area (Å²) in [4.78, 5) is 22.7. The lowest BCUT2D eigenvalue weighted by Crippen LogP contribution is -2.50. The summed E-state index contributed by atoms with van der Waals surface area (Å²) < 4.78 is 10.5. The minimum atomic E-state index is -1.13. The number of nitrogens with one attached hydrogen (secondary N) is 1. The molecule has 2 N–H and O–H groups in total. The summed E-state index contributed by atoms with van der Waals surface area (Å²) in [6.45, 7) is 7.33. The van der Waals surface area contributed by atoms with Crippen LogP contribution < -0.4 is 5.32 Å². The van der Waals surface area contributed by atoms with Crippen LogP contribution in [0.3, 0.4) is 0 Å². The van der Waals surface area contributed by atoms with E-state index in [1.165, 1.54) is 0 Å². The van der Waals surface area contributed by atoms with Gasteiger partial charge in [-0.15, -0.1) is 0 Å². The van der Waals surface area contributed by atoms with Crippen LogP contribution in [0.4, 0.5) is 4.79 Å². The molecular formula is C13H23NO5. The highest BCUT2D eigenvalue weighted by Gasteiger charge is 2.31. The second kappa shape index (κ2) is 6.23. The molecule has 19 heavy (non-hydrogen) atoms. The Morgan fingerprint density at radius 1 is 1.37 bits per heavy atom. The fraction of sp³-hybridized carbons (Fsp3) is 0.846. The van der Waals surface area contributed by atoms with E-state index in [0.29, 0.717) is 12.5 Å². The van der Waals surface area contributed by atoms with Gasteiger partial charge >= 0.3 is 12.1 Å². The number of aliphatic carboxylic acids is 1. The highest BCUT2D eigenvalue weighted by molar-refractivity contribution is 5.80. The quantitative estimate of drug-likeness (QED) is 0.770. The van der Waals surface area contributed by atoms with Gasteiger partial charge in [-0.3, -0.25) is 0 Å². The Balaban J connectivity index is 2.46. The molecule has 0 aromatic rings. The molecule has 0 spiro atoms. The molecule has 6 nitrogen and oxygen atoms in total. The molecule has 1 fully saturated rings. The van der Waals surface area contributed by atoms with E-state index in [4.69, 9.17) is 14.6 Å². The Bertz CT molecular complexity index is 332. The zero-order valence-electron chi connectivity index (χ0n) is 11.9. The maximum absolute atomic E-state index is 11.6. The van der Waals surface area contributed by atoms with Gasteiger partial charge in [0.1, 0.15) is 5.60 Å². The Morgan fingerprint density at radius 3 is 2.37 bits per heavy atom. The molecule has 0 unspecified atom stereocenters. The second-order valence-corrected chi connectivity index (χ2v) is 5.94. The number of hydrogen-bond acceptors (Lipinski definition) is 4. The fourth-order valence-corrected chi connectivity index (χ4v) is 1.48. The lowest BCUT2D eigenvalue weighted by Gasteiger charge is -2.25. The zero-order valence-corrected chi connectivity index (χ0v) is 11.9. The van der Waals surface area contributed by atoms with Crippen molar-refractivity contribution >= 4 is 12.1 Å². The van der Waals surface area contributed by atoms with Crippen molar-refractivity contribution in [3.8, 4) is 0 Å². The van der Waals surface area contributed by atoms with Crippen molar-refractivity contribution < 1.29 is 24.2 Å². The van der Waals surface area contributed by atoms with E-state index in [-0.39, 0.29) is 0 Å². The van der Waals surface area contributed by atoms with Crippen LogP contribution in [0, 0.1) is 5.92 Å². The van der Waals surface area contributed by atoms with Gasteiger partial charge in [0.05, 0.1) is 6.10 Å². The van der Waals surface area contributed by atoms with E-state index in [9.17, 15) is 9.59 Å². The van der Waals surface area contributed by atoms with Crippen LogP contribution in [-0.4, -0.2) is 41.5 Å². The third kappa shape index (κ3) is 6.42. The van der Waals surface area contributed by atoms with E-state index >= 15 is 0 Å². The molecule has 0 heterocycles. The molecular weight excluding hydrogens is 250 g/mol. The molecule has 0 aromatic carbocycles. The van der Waals surface area contributed by atoms with Gasteiger partial charge < -0.3 is 19.9 Å². The monoisotopic (exact) mass is 273 g/mol. The first-order chi connectivity index (χ1) is 8.69. The molecule has 1 aliphatic carbocycles. The Morgan fingerprint density at radius 2 is 1.95 bits per heavy atom. The third-order valence-electron chi connectivity index (χ3n) is 2.70. The van der Waals surface area contributed by atoms with E-state index in [1.807, 2.05) is 0 Å². The van der Waals surface area contributed by atoms with Crippen molar-refractivity contribution in [2.24, 2.45) is 5.92 Å². The summed E-state index contributed by atoms with van der Waals surface area (Å²) in [5.41, 5.74) is -0.661. The number of carboxylic acid groups (broad SMARTS) is 1. The highest BCUT2D eigenvalue weighted by Crippen LogP contribution is 2.29. The SMILES string of the molecule is C[C@@H](OCC1CC1)[C@H](NC(=O)OC(C)(C)C)C(=O)O. The minimum absolute atomic E-state index is 0.540. The summed E-state index contributed by atoms with van der Waals surface area (Å²) in [5, 5.41) is 11.5. The fourth-order valence-electron chi connectivity index (χ4n) is 1.48. The van der Waals surface area contributed by atoms with Gasteiger partial charge in [0.2, 0.25) is 0 Å². The molecule has 0 aromatic heterocycles. The van der Waals surface area contributed by atoms with Crippen LogP contribution in [0.2, 0.25) is 0 Å². The van der Waals surface area contributed by atoms with E-state index < -0.39 is 29.8 Å². The highest BCUT2D eigenvalue weighted by atomic mass is 16.6. The van der Waals surface area contributed by atoms with Gasteiger partial charge in [-0.1, -0.05) is 0 Å². The maximum Gasteiger partial charge on any atom is 0.408 e. The summed E-state index contributed by atoms with van der Waals surface area (Å²) in [7, 11) is 0. The summed E-state index contributed by atoms with van der Waals surface area (Å²) >= 11 is 0. The van der Waals surface area contributed by atoms with Crippen molar-refractivity contribution in [1.29, 1.82) is 0 Å². The molecule has 1 aliphatic rings. The van der Waals surface area contributed by atoms with Gasteiger partial charge in [-0.2, -0.15) is 0 Å². The largest absolute Gasteiger partial charge is 0.480 e. The number of rotatable bonds is 6. The van der Waals surface area contributed by atoms with Gasteiger partial charge in [-0.05, 0) is 46.5 Å². The zero-order chi connectivity index (χ0) is 14.6. The van der Waals surface area contributed by atoms with Crippen LogP contribution in [0.5, 0.6) is 0 Å². The molecule has 0 saturated heterocycles. The standard InChI is InChI=1S/C13H23NO5/c1-8(18-7-9-5-6-9)10(11(15)16)14-12(17)19-13(2,3)4/h8-10H,5-7H2,1-4H3,(H,14,17)(H,15,16)/t8-,10+/m1/s1. The average molecular weight is 273 g/mol. The lowest BCUT2D eigenvalue weighted by molar-refractivity contribution is -0.143. The van der Waals surface area contributed by atoms with Crippen molar-refractivity contribution in [1.82, 2.24) is 5.32 Å². The molecule has 2 atom stereocenters. The minimum Gasteiger partial charge on any atom is -0.480 e.